The van der Waals surface area contributed by atoms with Crippen LogP contribution in [-0.2, 0) is 4.74 Å². The molecule has 0 unspecified atom stereocenters. The van der Waals surface area contributed by atoms with Gasteiger partial charge < -0.3 is 25.8 Å². The van der Waals surface area contributed by atoms with Crippen LogP contribution in [0.2, 0.25) is 0 Å². The van der Waals surface area contributed by atoms with Crippen molar-refractivity contribution < 1.29 is 20.1 Å². The van der Waals surface area contributed by atoms with E-state index in [1.165, 1.54) is 10.9 Å². The Bertz CT molecular complexity index is 762. The number of ether oxygens (including phenoxy) is 1. The zero-order valence-corrected chi connectivity index (χ0v) is 14.0. The summed E-state index contributed by atoms with van der Waals surface area (Å²) in [4.78, 5) is 12.8. The molecule has 2 aromatic rings. The molecule has 1 aliphatic rings. The van der Waals surface area contributed by atoms with Crippen molar-refractivity contribution in [2.45, 2.75) is 50.7 Å². The Morgan fingerprint density at radius 2 is 2.12 bits per heavy atom. The van der Waals surface area contributed by atoms with Crippen molar-refractivity contribution >= 4 is 23.1 Å². The minimum absolute atomic E-state index is 0.227. The monoisotopic (exact) mass is 349 g/mol. The van der Waals surface area contributed by atoms with Crippen LogP contribution in [0.15, 0.2) is 12.4 Å². The minimum Gasteiger partial charge on any atom is -0.394 e. The number of aromatic nitrogens is 4. The van der Waals surface area contributed by atoms with Crippen LogP contribution in [0.1, 0.15) is 38.2 Å². The summed E-state index contributed by atoms with van der Waals surface area (Å²) in [6, 6.07) is 0. The summed E-state index contributed by atoms with van der Waals surface area (Å²) in [5.41, 5.74) is 6.75. The number of hydrogen-bond acceptors (Lipinski definition) is 8. The number of aliphatic hydroxyl groups is 3. The molecule has 1 fully saturated rings. The van der Waals surface area contributed by atoms with E-state index in [9.17, 15) is 15.3 Å². The van der Waals surface area contributed by atoms with Crippen LogP contribution in [0.4, 0.5) is 5.82 Å². The molecule has 0 aliphatic carbocycles. The molecule has 5 N–H and O–H groups in total. The third-order valence-corrected chi connectivity index (χ3v) is 4.25. The number of fused-ring (bicyclic) bond motifs is 1. The number of hydrogen-bond donors (Lipinski definition) is 4. The largest absolute Gasteiger partial charge is 0.394 e. The van der Waals surface area contributed by atoms with Crippen LogP contribution in [0.3, 0.4) is 0 Å². The topological polar surface area (TPSA) is 140 Å². The summed E-state index contributed by atoms with van der Waals surface area (Å²) < 4.78 is 7.03. The first-order valence-corrected chi connectivity index (χ1v) is 8.35. The van der Waals surface area contributed by atoms with Crippen molar-refractivity contribution in [2.24, 2.45) is 0 Å². The Kier molecular flexibility index (Phi) is 5.28. The number of aliphatic hydroxyl groups excluding tert-OH is 3. The van der Waals surface area contributed by atoms with E-state index in [4.69, 9.17) is 10.5 Å². The summed E-state index contributed by atoms with van der Waals surface area (Å²) in [6.07, 6.45) is 4.12. The lowest BCUT2D eigenvalue weighted by atomic mass is 10.1. The average Bonchev–Trinajstić information content (AvgIpc) is 3.14. The van der Waals surface area contributed by atoms with Gasteiger partial charge in [-0.2, -0.15) is 0 Å². The molecule has 4 atom stereocenters. The van der Waals surface area contributed by atoms with E-state index in [2.05, 4.69) is 21.9 Å². The second-order valence-corrected chi connectivity index (χ2v) is 6.06. The molecule has 0 bridgehead atoms. The second-order valence-electron chi connectivity index (χ2n) is 6.06. The number of imidazole rings is 1. The fraction of sp³-hybridized carbons (Fsp3) is 0.562. The highest BCUT2D eigenvalue weighted by molar-refractivity contribution is 5.82. The van der Waals surface area contributed by atoms with Gasteiger partial charge in [-0.05, 0) is 12.5 Å². The molecule has 9 nitrogen and oxygen atoms in total. The van der Waals surface area contributed by atoms with Crippen LogP contribution >= 0.6 is 0 Å². The number of anilines is 1. The molecule has 1 aliphatic heterocycles. The summed E-state index contributed by atoms with van der Waals surface area (Å²) in [7, 11) is 0. The lowest BCUT2D eigenvalue weighted by molar-refractivity contribution is -0.0511. The van der Waals surface area contributed by atoms with Crippen molar-refractivity contribution in [3.05, 3.63) is 18.2 Å². The van der Waals surface area contributed by atoms with E-state index < -0.39 is 31.1 Å². The first-order chi connectivity index (χ1) is 12.1. The Balaban J connectivity index is 1.94. The van der Waals surface area contributed by atoms with E-state index in [-0.39, 0.29) is 5.82 Å². The SMILES string of the molecule is CCCCC=Cc1nc(N)c2ncn([C@@H]3O[C@H](CO)[C@@H](O)[C@H]3O)c2n1. The molecule has 0 spiro atoms. The van der Waals surface area contributed by atoms with Gasteiger partial charge in [-0.25, -0.2) is 15.0 Å². The van der Waals surface area contributed by atoms with Crippen LogP contribution in [0.25, 0.3) is 17.2 Å². The van der Waals surface area contributed by atoms with Crippen LogP contribution in [-0.4, -0.2) is 59.8 Å². The maximum atomic E-state index is 10.2. The van der Waals surface area contributed by atoms with Gasteiger partial charge in [-0.3, -0.25) is 4.57 Å². The van der Waals surface area contributed by atoms with Crippen molar-refractivity contribution in [2.75, 3.05) is 12.3 Å². The highest BCUT2D eigenvalue weighted by atomic mass is 16.6. The van der Waals surface area contributed by atoms with Gasteiger partial charge in [0, 0.05) is 0 Å². The molecule has 25 heavy (non-hydrogen) atoms. The van der Waals surface area contributed by atoms with Crippen molar-refractivity contribution in [1.29, 1.82) is 0 Å². The van der Waals surface area contributed by atoms with Gasteiger partial charge in [0.25, 0.3) is 0 Å². The van der Waals surface area contributed by atoms with E-state index in [0.717, 1.165) is 19.3 Å². The van der Waals surface area contributed by atoms with Gasteiger partial charge in [0.2, 0.25) is 0 Å². The van der Waals surface area contributed by atoms with Gasteiger partial charge in [-0.1, -0.05) is 25.8 Å². The zero-order chi connectivity index (χ0) is 18.0. The summed E-state index contributed by atoms with van der Waals surface area (Å²) in [6.45, 7) is 1.72. The number of nitrogens with two attached hydrogens (primary N) is 1. The number of allylic oxidation sites excluding steroid dienone is 1. The Hall–Kier alpha value is -2.07. The predicted octanol–water partition coefficient (Wildman–Crippen LogP) is 0.223. The predicted molar refractivity (Wildman–Crippen MR) is 91.3 cm³/mol. The van der Waals surface area contributed by atoms with Gasteiger partial charge in [0.05, 0.1) is 12.9 Å². The van der Waals surface area contributed by atoms with Gasteiger partial charge in [-0.15, -0.1) is 0 Å². The maximum absolute atomic E-state index is 10.2. The number of unbranched alkanes of at least 4 members (excludes halogenated alkanes) is 2. The normalized spacial score (nSPS) is 26.9. The second kappa shape index (κ2) is 7.44. The molecule has 3 rings (SSSR count). The van der Waals surface area contributed by atoms with E-state index in [1.54, 1.807) is 6.08 Å². The minimum atomic E-state index is -1.21. The lowest BCUT2D eigenvalue weighted by Gasteiger charge is -2.16. The number of nitrogens with zero attached hydrogens (tertiary/aromatic N) is 4. The molecular formula is C16H23N5O4. The van der Waals surface area contributed by atoms with E-state index in [1.807, 2.05) is 6.08 Å². The van der Waals surface area contributed by atoms with E-state index >= 15 is 0 Å². The zero-order valence-electron chi connectivity index (χ0n) is 14.0. The van der Waals surface area contributed by atoms with Gasteiger partial charge >= 0.3 is 0 Å². The molecule has 9 heteroatoms. The first-order valence-electron chi connectivity index (χ1n) is 8.35. The fourth-order valence-corrected chi connectivity index (χ4v) is 2.84. The third kappa shape index (κ3) is 3.36. The fourth-order valence-electron chi connectivity index (χ4n) is 2.84. The van der Waals surface area contributed by atoms with Crippen LogP contribution in [0.5, 0.6) is 0 Å². The third-order valence-electron chi connectivity index (χ3n) is 4.25. The molecular weight excluding hydrogens is 326 g/mol. The lowest BCUT2D eigenvalue weighted by Crippen LogP contribution is -2.33. The van der Waals surface area contributed by atoms with Crippen LogP contribution in [0, 0.1) is 0 Å². The Morgan fingerprint density at radius 3 is 2.80 bits per heavy atom. The van der Waals surface area contributed by atoms with Crippen molar-refractivity contribution in [3.8, 4) is 0 Å². The Labute approximate surface area is 144 Å². The molecule has 0 aromatic carbocycles. The first kappa shape index (κ1) is 17.7. The number of rotatable bonds is 6. The highest BCUT2D eigenvalue weighted by Crippen LogP contribution is 2.32. The molecule has 2 aromatic heterocycles. The molecule has 3 heterocycles. The summed E-state index contributed by atoms with van der Waals surface area (Å²) in [5, 5.41) is 29.4. The molecule has 0 saturated carbocycles. The van der Waals surface area contributed by atoms with E-state index in [0.29, 0.717) is 17.0 Å². The molecule has 136 valence electrons. The average molecular weight is 349 g/mol. The van der Waals surface area contributed by atoms with Crippen LogP contribution < -0.4 is 5.73 Å². The quantitative estimate of drug-likeness (QED) is 0.543. The smallest absolute Gasteiger partial charge is 0.168 e. The van der Waals surface area contributed by atoms with Gasteiger partial charge in [0.15, 0.2) is 23.5 Å². The highest BCUT2D eigenvalue weighted by Gasteiger charge is 2.44. The Morgan fingerprint density at radius 1 is 1.32 bits per heavy atom. The maximum Gasteiger partial charge on any atom is 0.168 e. The van der Waals surface area contributed by atoms with Crippen molar-refractivity contribution in [1.82, 2.24) is 19.5 Å². The van der Waals surface area contributed by atoms with Gasteiger partial charge in [0.1, 0.15) is 23.8 Å². The van der Waals surface area contributed by atoms with Crippen molar-refractivity contribution in [3.63, 3.8) is 0 Å². The molecule has 1 saturated heterocycles. The summed E-state index contributed by atoms with van der Waals surface area (Å²) >= 11 is 0. The molecule has 0 radical (unpaired) electrons. The standard InChI is InChI=1S/C16H23N5O4/c1-2-3-4-5-6-10-19-14(17)11-15(20-10)21(8-18-11)16-13(24)12(23)9(7-22)25-16/h5-6,8-9,12-13,16,22-24H,2-4,7H2,1H3,(H2,17,19,20)/t9-,12-,13-,16-/m1/s1. The number of nitrogen functional groups attached to an aromatic ring is 1. The summed E-state index contributed by atoms with van der Waals surface area (Å²) in [5.74, 6) is 0.667. The molecule has 0 amide bonds.